The molecule has 32 heavy (non-hydrogen) atoms. The SMILES string of the molecule is CC(C)(C)C[P+]1(C23CC4CC(CC(C4)C2)C3)C(C(C)(C)C)P1C12CC3CC(CC(C3)C1)C2. The molecule has 1 aliphatic heterocycles. The van der Waals surface area contributed by atoms with Crippen LogP contribution in [-0.4, -0.2) is 21.9 Å². The van der Waals surface area contributed by atoms with Crippen LogP contribution in [0.15, 0.2) is 0 Å². The highest BCUT2D eigenvalue weighted by atomic mass is 32.1. The Hall–Kier alpha value is 0.860. The number of hydrogen-bond donors (Lipinski definition) is 0. The van der Waals surface area contributed by atoms with Crippen molar-refractivity contribution in [2.75, 3.05) is 6.16 Å². The van der Waals surface area contributed by atoms with E-state index in [2.05, 4.69) is 41.5 Å². The monoisotopic (exact) mass is 473 g/mol. The Morgan fingerprint density at radius 3 is 1.34 bits per heavy atom. The van der Waals surface area contributed by atoms with Crippen LogP contribution in [0.4, 0.5) is 0 Å². The Labute approximate surface area is 201 Å². The van der Waals surface area contributed by atoms with Crippen molar-refractivity contribution in [2.24, 2.45) is 46.3 Å². The molecule has 0 aromatic carbocycles. The van der Waals surface area contributed by atoms with Crippen LogP contribution in [0, 0.1) is 46.3 Å². The summed E-state index contributed by atoms with van der Waals surface area (Å²) in [4.78, 5) is 0. The highest BCUT2D eigenvalue weighted by Crippen LogP contribution is 3.19. The summed E-state index contributed by atoms with van der Waals surface area (Å²) >= 11 is 0. The molecule has 0 spiro atoms. The maximum atomic E-state index is 2.71. The zero-order chi connectivity index (χ0) is 22.3. The van der Waals surface area contributed by atoms with Gasteiger partial charge in [-0.25, -0.2) is 0 Å². The van der Waals surface area contributed by atoms with Gasteiger partial charge in [-0.15, -0.1) is 0 Å². The van der Waals surface area contributed by atoms with E-state index in [1.54, 1.807) is 83.2 Å². The molecular weight excluding hydrogens is 422 g/mol. The van der Waals surface area contributed by atoms with Crippen molar-refractivity contribution >= 4 is 14.6 Å². The van der Waals surface area contributed by atoms with E-state index in [0.29, 0.717) is 10.8 Å². The van der Waals surface area contributed by atoms with Crippen molar-refractivity contribution in [3.05, 3.63) is 0 Å². The topological polar surface area (TPSA) is 0 Å². The van der Waals surface area contributed by atoms with E-state index < -0.39 is 6.95 Å². The number of rotatable bonds is 3. The summed E-state index contributed by atoms with van der Waals surface area (Å²) in [6.07, 6.45) is 21.6. The van der Waals surface area contributed by atoms with E-state index in [0.717, 1.165) is 51.2 Å². The predicted molar refractivity (Wildman–Crippen MR) is 143 cm³/mol. The Morgan fingerprint density at radius 1 is 0.625 bits per heavy atom. The normalized spacial score (nSPS) is 57.9. The first kappa shape index (κ1) is 22.1. The zero-order valence-electron chi connectivity index (χ0n) is 22.1. The van der Waals surface area contributed by atoms with Crippen molar-refractivity contribution in [1.29, 1.82) is 0 Å². The molecule has 180 valence electrons. The fraction of sp³-hybridized carbons (Fsp3) is 1.00. The Bertz CT molecular complexity index is 726. The second kappa shape index (κ2) is 6.59. The van der Waals surface area contributed by atoms with Gasteiger partial charge in [0.15, 0.2) is 0 Å². The average Bonchev–Trinajstić information content (AvgIpc) is 3.29. The van der Waals surface area contributed by atoms with Crippen LogP contribution in [0.1, 0.15) is 119 Å². The van der Waals surface area contributed by atoms with Gasteiger partial charge in [0, 0.05) is 10.6 Å². The van der Waals surface area contributed by atoms with Crippen molar-refractivity contribution in [2.45, 2.75) is 134 Å². The van der Waals surface area contributed by atoms with E-state index in [1.807, 2.05) is 0 Å². The van der Waals surface area contributed by atoms with Crippen molar-refractivity contribution in [3.63, 3.8) is 0 Å². The second-order valence-electron chi connectivity index (χ2n) is 16.9. The first-order valence-corrected chi connectivity index (χ1v) is 18.8. The summed E-state index contributed by atoms with van der Waals surface area (Å²) in [5, 5.41) is 2.86. The number of hydrogen-bond acceptors (Lipinski definition) is 0. The maximum absolute atomic E-state index is 2.71. The molecule has 0 radical (unpaired) electrons. The van der Waals surface area contributed by atoms with Crippen LogP contribution in [0.2, 0.25) is 0 Å². The smallest absolute Gasteiger partial charge is 0.0567 e. The lowest BCUT2D eigenvalue weighted by molar-refractivity contribution is 0.0339. The summed E-state index contributed by atoms with van der Waals surface area (Å²) in [6, 6.07) is 0. The lowest BCUT2D eigenvalue weighted by atomic mass is 9.56. The molecule has 9 aliphatic rings. The third-order valence-corrected chi connectivity index (χ3v) is 27.8. The standard InChI is InChI=1S/C30H51P2/c1-27(2,3)19-32(30-16-23-10-24(17-30)12-25(11-23)18-30)26(28(4,5)6)31(32)29-13-20-7-21(14-29)9-22(8-20)15-29/h20-26H,7-19H2,1-6H3/q+1. The largest absolute Gasteiger partial charge is 0.132 e. The zero-order valence-corrected chi connectivity index (χ0v) is 23.9. The Kier molecular flexibility index (Phi) is 4.55. The minimum Gasteiger partial charge on any atom is -0.0567 e. The van der Waals surface area contributed by atoms with Crippen molar-refractivity contribution in [1.82, 2.24) is 0 Å². The van der Waals surface area contributed by atoms with Gasteiger partial charge < -0.3 is 0 Å². The van der Waals surface area contributed by atoms with Gasteiger partial charge in [-0.1, -0.05) is 41.5 Å². The molecule has 0 amide bonds. The van der Waals surface area contributed by atoms with E-state index in [1.165, 1.54) is 0 Å². The van der Waals surface area contributed by atoms with Crippen LogP contribution in [0.5, 0.6) is 0 Å². The molecule has 8 saturated carbocycles. The minimum absolute atomic E-state index is 0.262. The first-order chi connectivity index (χ1) is 14.9. The molecule has 9 fully saturated rings. The maximum Gasteiger partial charge on any atom is 0.132 e. The highest BCUT2D eigenvalue weighted by molar-refractivity contribution is 8.56. The second-order valence-corrected chi connectivity index (χ2v) is 26.3. The van der Waals surface area contributed by atoms with Crippen LogP contribution < -0.4 is 0 Å². The third kappa shape index (κ3) is 2.99. The van der Waals surface area contributed by atoms with Crippen LogP contribution in [-0.2, 0) is 0 Å². The van der Waals surface area contributed by atoms with E-state index in [-0.39, 0.29) is 7.61 Å². The fourth-order valence-electron chi connectivity index (χ4n) is 12.4. The Balaban J connectivity index is 1.37. The van der Waals surface area contributed by atoms with Gasteiger partial charge in [0.2, 0.25) is 0 Å². The fourth-order valence-corrected chi connectivity index (χ4v) is 36.3. The molecule has 0 N–H and O–H groups in total. The molecule has 0 nitrogen and oxygen atoms in total. The molecule has 8 aliphatic carbocycles. The van der Waals surface area contributed by atoms with Crippen LogP contribution >= 0.6 is 14.6 Å². The molecule has 0 aromatic rings. The molecule has 9 rings (SSSR count). The molecule has 0 aromatic heterocycles. The molecule has 8 bridgehead atoms. The summed E-state index contributed by atoms with van der Waals surface area (Å²) in [6.45, 7) is 15.1. The molecule has 3 atom stereocenters. The lowest BCUT2D eigenvalue weighted by Crippen LogP contribution is -2.51. The summed E-state index contributed by atoms with van der Waals surface area (Å²) in [5.74, 6) is 6.81. The van der Waals surface area contributed by atoms with Crippen molar-refractivity contribution < 1.29 is 0 Å². The lowest BCUT2D eigenvalue weighted by Gasteiger charge is -2.59. The molecular formula is C30H51P2+. The van der Waals surface area contributed by atoms with Crippen molar-refractivity contribution in [3.8, 4) is 0 Å². The summed E-state index contributed by atoms with van der Waals surface area (Å²) in [5.41, 5.74) is 1.08. The van der Waals surface area contributed by atoms with Gasteiger partial charge in [0.1, 0.15) is 13.0 Å². The van der Waals surface area contributed by atoms with Gasteiger partial charge >= 0.3 is 0 Å². The summed E-state index contributed by atoms with van der Waals surface area (Å²) < 4.78 is 0. The van der Waals surface area contributed by atoms with E-state index in [4.69, 9.17) is 0 Å². The molecule has 2 heteroatoms. The van der Waals surface area contributed by atoms with Gasteiger partial charge in [-0.05, 0) is 118 Å². The summed E-state index contributed by atoms with van der Waals surface area (Å²) in [7, 11) is 0.262. The van der Waals surface area contributed by atoms with Gasteiger partial charge in [0.25, 0.3) is 0 Å². The van der Waals surface area contributed by atoms with Gasteiger partial charge in [0.05, 0.1) is 18.3 Å². The van der Waals surface area contributed by atoms with Gasteiger partial charge in [-0.3, -0.25) is 0 Å². The Morgan fingerprint density at radius 2 is 1.00 bits per heavy atom. The van der Waals surface area contributed by atoms with Gasteiger partial charge in [-0.2, -0.15) is 0 Å². The molecule has 1 saturated heterocycles. The van der Waals surface area contributed by atoms with Crippen LogP contribution in [0.3, 0.4) is 0 Å². The highest BCUT2D eigenvalue weighted by Gasteiger charge is 2.90. The van der Waals surface area contributed by atoms with E-state index >= 15 is 0 Å². The first-order valence-electron chi connectivity index (χ1n) is 14.6. The quantitative estimate of drug-likeness (QED) is 0.358. The van der Waals surface area contributed by atoms with Crippen LogP contribution in [0.25, 0.3) is 0 Å². The minimum atomic E-state index is -0.939. The molecule has 1 heterocycles. The average molecular weight is 474 g/mol. The molecule has 3 unspecified atom stereocenters. The predicted octanol–water partition coefficient (Wildman–Crippen LogP) is 9.77. The third-order valence-electron chi connectivity index (χ3n) is 11.8. The van der Waals surface area contributed by atoms with E-state index in [9.17, 15) is 0 Å².